The molecule has 2 N–H and O–H groups in total. The number of halogens is 8. The van der Waals surface area contributed by atoms with E-state index in [9.17, 15) is 26.3 Å². The molecule has 0 saturated carbocycles. The maximum Gasteiger partial charge on any atom is 0.411 e. The van der Waals surface area contributed by atoms with E-state index in [4.69, 9.17) is 27.9 Å². The van der Waals surface area contributed by atoms with Gasteiger partial charge in [0.15, 0.2) is 0 Å². The van der Waals surface area contributed by atoms with E-state index in [0.717, 1.165) is 5.56 Å². The first kappa shape index (κ1) is 30.5. The van der Waals surface area contributed by atoms with Gasteiger partial charge in [0.05, 0.1) is 44.5 Å². The van der Waals surface area contributed by atoms with Gasteiger partial charge in [-0.1, -0.05) is 29.3 Å². The number of rotatable bonds is 9. The lowest BCUT2D eigenvalue weighted by molar-refractivity contribution is -0.183. The van der Waals surface area contributed by atoms with Crippen molar-refractivity contribution in [2.24, 2.45) is 13.0 Å². The molecule has 2 unspecified atom stereocenters. The van der Waals surface area contributed by atoms with Crippen molar-refractivity contribution in [1.29, 1.82) is 0 Å². The maximum absolute atomic E-state index is 13.4. The third kappa shape index (κ3) is 7.65. The highest BCUT2D eigenvalue weighted by Crippen LogP contribution is 2.39. The minimum absolute atomic E-state index is 0.0971. The quantitative estimate of drug-likeness (QED) is 0.246. The van der Waals surface area contributed by atoms with Crippen LogP contribution in [-0.2, 0) is 18.3 Å². The molecule has 0 amide bonds. The topological polar surface area (TPSA) is 54.4 Å². The van der Waals surface area contributed by atoms with Crippen LogP contribution in [-0.4, -0.2) is 54.2 Å². The molecule has 3 aromatic rings. The predicted molar refractivity (Wildman–Crippen MR) is 145 cm³/mol. The van der Waals surface area contributed by atoms with Gasteiger partial charge in [-0.25, -0.2) is 4.98 Å². The van der Waals surface area contributed by atoms with E-state index in [2.05, 4.69) is 15.6 Å². The number of nitrogens with zero attached hydrogens (tertiary/aromatic N) is 3. The average Bonchev–Trinajstić information content (AvgIpc) is 3.17. The van der Waals surface area contributed by atoms with Gasteiger partial charge < -0.3 is 24.8 Å². The summed E-state index contributed by atoms with van der Waals surface area (Å²) in [6.07, 6.45) is -8.76. The highest BCUT2D eigenvalue weighted by atomic mass is 35.5. The molecule has 4 rings (SSSR count). The third-order valence-electron chi connectivity index (χ3n) is 6.74. The summed E-state index contributed by atoms with van der Waals surface area (Å²) in [6, 6.07) is 8.65. The van der Waals surface area contributed by atoms with Gasteiger partial charge in [-0.3, -0.25) is 0 Å². The summed E-state index contributed by atoms with van der Waals surface area (Å²) in [5.41, 5.74) is 3.14. The Morgan fingerprint density at radius 1 is 1.10 bits per heavy atom. The van der Waals surface area contributed by atoms with Gasteiger partial charge in [0.2, 0.25) is 5.95 Å². The van der Waals surface area contributed by atoms with E-state index in [0.29, 0.717) is 57.9 Å². The van der Waals surface area contributed by atoms with Crippen molar-refractivity contribution >= 4 is 51.6 Å². The Morgan fingerprint density at radius 3 is 2.55 bits per heavy atom. The molecule has 1 saturated heterocycles. The fraction of sp³-hybridized carbons (Fsp3) is 0.500. The van der Waals surface area contributed by atoms with Crippen molar-refractivity contribution in [2.75, 3.05) is 36.5 Å². The smallest absolute Gasteiger partial charge is 0.370 e. The molecule has 0 spiro atoms. The molecule has 0 aliphatic carbocycles. The summed E-state index contributed by atoms with van der Waals surface area (Å²) >= 11 is 12.9. The van der Waals surface area contributed by atoms with Crippen LogP contribution < -0.4 is 15.5 Å². The zero-order chi connectivity index (χ0) is 29.2. The number of benzene rings is 2. The maximum atomic E-state index is 13.4. The summed E-state index contributed by atoms with van der Waals surface area (Å²) in [7, 11) is 1.77. The van der Waals surface area contributed by atoms with E-state index >= 15 is 0 Å². The minimum Gasteiger partial charge on any atom is -0.370 e. The predicted octanol–water partition coefficient (Wildman–Crippen LogP) is 7.46. The number of nitrogens with one attached hydrogen (secondary N) is 2. The lowest BCUT2D eigenvalue weighted by Gasteiger charge is -2.35. The first-order chi connectivity index (χ1) is 18.7. The standard InChI is InChI=1S/C26H29Cl2F6N5O/c1-15(40-14-25(29,30)31)11-35-12-16-5-6-18(27)20(8-16)36-24-37-21-9-19(28)22(10-23(21)38(24)2)39-7-3-4-17(13-39)26(32,33)34/h5-6,8-10,15,17,35H,3-4,7,11-14H2,1-2H3,(H,36,37). The van der Waals surface area contributed by atoms with E-state index in [1.807, 2.05) is 0 Å². The van der Waals surface area contributed by atoms with Crippen LogP contribution in [0.1, 0.15) is 25.3 Å². The molecule has 14 heteroatoms. The van der Waals surface area contributed by atoms with Crippen molar-refractivity contribution in [2.45, 2.75) is 44.8 Å². The molecule has 0 bridgehead atoms. The van der Waals surface area contributed by atoms with E-state index < -0.39 is 31.0 Å². The van der Waals surface area contributed by atoms with E-state index in [1.165, 1.54) is 0 Å². The van der Waals surface area contributed by atoms with Crippen LogP contribution in [0.25, 0.3) is 11.0 Å². The largest absolute Gasteiger partial charge is 0.411 e. The van der Waals surface area contributed by atoms with Gasteiger partial charge in [-0.2, -0.15) is 26.3 Å². The Morgan fingerprint density at radius 2 is 1.85 bits per heavy atom. The highest BCUT2D eigenvalue weighted by molar-refractivity contribution is 6.34. The molecule has 1 aromatic heterocycles. The molecule has 1 aliphatic rings. The van der Waals surface area contributed by atoms with Gasteiger partial charge in [-0.15, -0.1) is 0 Å². The third-order valence-corrected chi connectivity index (χ3v) is 7.38. The van der Waals surface area contributed by atoms with Gasteiger partial charge >= 0.3 is 12.4 Å². The summed E-state index contributed by atoms with van der Waals surface area (Å²) in [4.78, 5) is 6.26. The number of alkyl halides is 6. The first-order valence-electron chi connectivity index (χ1n) is 12.6. The Labute approximate surface area is 237 Å². The molecule has 0 radical (unpaired) electrons. The Hall–Kier alpha value is -2.41. The molecule has 2 atom stereocenters. The van der Waals surface area contributed by atoms with E-state index in [-0.39, 0.29) is 19.5 Å². The van der Waals surface area contributed by atoms with Crippen LogP contribution in [0.3, 0.4) is 0 Å². The van der Waals surface area contributed by atoms with Gasteiger partial charge in [0.1, 0.15) is 6.61 Å². The Kier molecular flexibility index (Phi) is 9.33. The van der Waals surface area contributed by atoms with Crippen LogP contribution in [0.2, 0.25) is 10.0 Å². The second kappa shape index (κ2) is 12.2. The van der Waals surface area contributed by atoms with Crippen molar-refractivity contribution in [1.82, 2.24) is 14.9 Å². The monoisotopic (exact) mass is 611 g/mol. The molecule has 2 aromatic carbocycles. The minimum atomic E-state index is -4.38. The first-order valence-corrected chi connectivity index (χ1v) is 13.4. The van der Waals surface area contributed by atoms with Crippen molar-refractivity contribution < 1.29 is 31.1 Å². The molecular formula is C26H29Cl2F6N5O. The zero-order valence-electron chi connectivity index (χ0n) is 21.8. The molecular weight excluding hydrogens is 583 g/mol. The molecule has 1 fully saturated rings. The van der Waals surface area contributed by atoms with Gasteiger partial charge in [0.25, 0.3) is 0 Å². The fourth-order valence-electron chi connectivity index (χ4n) is 4.63. The zero-order valence-corrected chi connectivity index (χ0v) is 23.3. The number of fused-ring (bicyclic) bond motifs is 1. The molecule has 2 heterocycles. The summed E-state index contributed by atoms with van der Waals surface area (Å²) in [5, 5.41) is 6.99. The van der Waals surface area contributed by atoms with Crippen molar-refractivity contribution in [3.63, 3.8) is 0 Å². The highest BCUT2D eigenvalue weighted by Gasteiger charge is 2.42. The molecule has 40 heavy (non-hydrogen) atoms. The number of hydrogen-bond acceptors (Lipinski definition) is 5. The van der Waals surface area contributed by atoms with E-state index in [1.54, 1.807) is 53.8 Å². The summed E-state index contributed by atoms with van der Waals surface area (Å²) < 4.78 is 83.6. The SMILES string of the molecule is CC(CNCc1ccc(Cl)c(Nc2nc3cc(Cl)c(N4CCCC(C(F)(F)F)C4)cc3n2C)c1)OCC(F)(F)F. The Balaban J connectivity index is 1.47. The lowest BCUT2D eigenvalue weighted by atomic mass is 9.97. The number of piperidine rings is 1. The van der Waals surface area contributed by atoms with Gasteiger partial charge in [0, 0.05) is 33.2 Å². The molecule has 6 nitrogen and oxygen atoms in total. The lowest BCUT2D eigenvalue weighted by Crippen LogP contribution is -2.41. The number of ether oxygens (including phenoxy) is 1. The number of anilines is 3. The number of hydrogen-bond donors (Lipinski definition) is 2. The summed E-state index contributed by atoms with van der Waals surface area (Å²) in [5.74, 6) is -0.965. The fourth-order valence-corrected chi connectivity index (χ4v) is 5.08. The van der Waals surface area contributed by atoms with Crippen LogP contribution in [0.5, 0.6) is 0 Å². The summed E-state index contributed by atoms with van der Waals surface area (Å²) in [6.45, 7) is 1.16. The van der Waals surface area contributed by atoms with Crippen LogP contribution in [0.15, 0.2) is 30.3 Å². The van der Waals surface area contributed by atoms with Crippen LogP contribution in [0, 0.1) is 5.92 Å². The van der Waals surface area contributed by atoms with Crippen molar-refractivity contribution in [3.8, 4) is 0 Å². The average molecular weight is 612 g/mol. The second-order valence-electron chi connectivity index (χ2n) is 9.92. The van der Waals surface area contributed by atoms with Crippen molar-refractivity contribution in [3.05, 3.63) is 45.9 Å². The molecule has 220 valence electrons. The second-order valence-corrected chi connectivity index (χ2v) is 10.7. The van der Waals surface area contributed by atoms with Crippen LogP contribution >= 0.6 is 23.2 Å². The van der Waals surface area contributed by atoms with Crippen LogP contribution in [0.4, 0.5) is 43.7 Å². The van der Waals surface area contributed by atoms with Gasteiger partial charge in [-0.05, 0) is 49.6 Å². The number of imidazole rings is 1. The number of aromatic nitrogens is 2. The Bertz CT molecular complexity index is 1330. The molecule has 1 aliphatic heterocycles. The number of aryl methyl sites for hydroxylation is 1. The normalized spacial score (nSPS) is 17.4.